The van der Waals surface area contributed by atoms with Crippen LogP contribution in [0.5, 0.6) is 0 Å². The summed E-state index contributed by atoms with van der Waals surface area (Å²) in [5, 5.41) is 9.42. The van der Waals surface area contributed by atoms with Crippen molar-refractivity contribution in [2.75, 3.05) is 18.5 Å². The molecule has 27 heavy (non-hydrogen) atoms. The molecular formula is C19H16F3N5. The van der Waals surface area contributed by atoms with Crippen molar-refractivity contribution >= 4 is 28.0 Å². The molecule has 8 heteroatoms. The molecule has 0 aliphatic rings. The van der Waals surface area contributed by atoms with Gasteiger partial charge < -0.3 is 9.88 Å². The molecule has 0 saturated heterocycles. The van der Waals surface area contributed by atoms with Crippen LogP contribution < -0.4 is 4.90 Å². The van der Waals surface area contributed by atoms with Crippen molar-refractivity contribution in [3.63, 3.8) is 0 Å². The van der Waals surface area contributed by atoms with Crippen molar-refractivity contribution in [2.45, 2.75) is 12.6 Å². The molecule has 2 aromatic heterocycles. The third kappa shape index (κ3) is 3.42. The van der Waals surface area contributed by atoms with Gasteiger partial charge in [-0.1, -0.05) is 30.3 Å². The van der Waals surface area contributed by atoms with Crippen molar-refractivity contribution in [1.82, 2.24) is 20.2 Å². The molecule has 2 heterocycles. The van der Waals surface area contributed by atoms with E-state index in [-0.39, 0.29) is 0 Å². The number of anilines is 1. The third-order valence-electron chi connectivity index (χ3n) is 4.47. The first-order chi connectivity index (χ1) is 12.9. The van der Waals surface area contributed by atoms with Gasteiger partial charge in [0, 0.05) is 24.5 Å². The van der Waals surface area contributed by atoms with Crippen molar-refractivity contribution in [2.24, 2.45) is 0 Å². The van der Waals surface area contributed by atoms with Crippen molar-refractivity contribution in [3.05, 3.63) is 59.7 Å². The molecular weight excluding hydrogens is 355 g/mol. The van der Waals surface area contributed by atoms with E-state index in [4.69, 9.17) is 0 Å². The third-order valence-corrected chi connectivity index (χ3v) is 4.47. The zero-order chi connectivity index (χ0) is 19.0. The molecule has 4 aromatic rings. The number of hydrogen-bond acceptors (Lipinski definition) is 4. The van der Waals surface area contributed by atoms with E-state index < -0.39 is 11.7 Å². The van der Waals surface area contributed by atoms with E-state index in [1.165, 1.54) is 12.1 Å². The van der Waals surface area contributed by atoms with Crippen LogP contribution in [-0.4, -0.2) is 33.8 Å². The zero-order valence-electron chi connectivity index (χ0n) is 14.5. The quantitative estimate of drug-likeness (QED) is 0.584. The van der Waals surface area contributed by atoms with Crippen molar-refractivity contribution in [3.8, 4) is 0 Å². The topological polar surface area (TPSA) is 57.7 Å². The van der Waals surface area contributed by atoms with Gasteiger partial charge in [-0.25, -0.2) is 0 Å². The average molecular weight is 371 g/mol. The minimum atomic E-state index is -4.32. The van der Waals surface area contributed by atoms with Crippen LogP contribution in [0, 0.1) is 0 Å². The Bertz CT molecular complexity index is 1090. The van der Waals surface area contributed by atoms with Crippen LogP contribution in [-0.2, 0) is 12.6 Å². The maximum Gasteiger partial charge on any atom is 0.416 e. The molecule has 2 aromatic carbocycles. The number of hydrogen-bond donors (Lipinski definition) is 1. The minimum Gasteiger partial charge on any atom is -0.342 e. The highest BCUT2D eigenvalue weighted by atomic mass is 19.4. The van der Waals surface area contributed by atoms with Crippen LogP contribution in [0.15, 0.2) is 48.5 Å². The normalized spacial score (nSPS) is 12.0. The number of aromatic nitrogens is 4. The van der Waals surface area contributed by atoms with Crippen molar-refractivity contribution in [1.29, 1.82) is 0 Å². The maximum atomic E-state index is 12.6. The molecule has 5 nitrogen and oxygen atoms in total. The van der Waals surface area contributed by atoms with Crippen LogP contribution in [0.25, 0.3) is 22.1 Å². The highest BCUT2D eigenvalue weighted by Gasteiger charge is 2.29. The number of alkyl halides is 3. The van der Waals surface area contributed by atoms with Gasteiger partial charge in [0.05, 0.1) is 5.56 Å². The lowest BCUT2D eigenvalue weighted by Crippen LogP contribution is -2.23. The smallest absolute Gasteiger partial charge is 0.342 e. The van der Waals surface area contributed by atoms with Crippen molar-refractivity contribution < 1.29 is 13.2 Å². The Morgan fingerprint density at radius 2 is 1.74 bits per heavy atom. The number of para-hydroxylation sites is 1. The fraction of sp³-hybridized carbons (Fsp3) is 0.211. The number of nitrogens with zero attached hydrogens (tertiary/aromatic N) is 4. The van der Waals surface area contributed by atoms with E-state index in [0.29, 0.717) is 30.1 Å². The number of benzene rings is 2. The number of nitrogens with one attached hydrogen (secondary N) is 1. The van der Waals surface area contributed by atoms with Gasteiger partial charge >= 0.3 is 6.18 Å². The minimum absolute atomic E-state index is 0.459. The molecule has 4 rings (SSSR count). The number of H-pyrrole nitrogens is 1. The van der Waals surface area contributed by atoms with Gasteiger partial charge in [-0.3, -0.25) is 0 Å². The van der Waals surface area contributed by atoms with E-state index in [1.807, 2.05) is 36.2 Å². The fourth-order valence-electron chi connectivity index (χ4n) is 2.93. The molecule has 1 N–H and O–H groups in total. The molecule has 0 bridgehead atoms. The fourth-order valence-corrected chi connectivity index (χ4v) is 2.93. The molecule has 0 amide bonds. The number of halogens is 3. The Kier molecular flexibility index (Phi) is 4.18. The Balaban J connectivity index is 1.49. The summed E-state index contributed by atoms with van der Waals surface area (Å²) in [5.41, 5.74) is 2.48. The van der Waals surface area contributed by atoms with Gasteiger partial charge in [0.1, 0.15) is 5.52 Å². The lowest BCUT2D eigenvalue weighted by molar-refractivity contribution is -0.137. The second-order valence-electron chi connectivity index (χ2n) is 6.35. The van der Waals surface area contributed by atoms with E-state index in [1.54, 1.807) is 0 Å². The summed E-state index contributed by atoms with van der Waals surface area (Å²) in [6, 6.07) is 13.0. The second-order valence-corrected chi connectivity index (χ2v) is 6.35. The van der Waals surface area contributed by atoms with Crippen LogP contribution in [0.3, 0.4) is 0 Å². The second kappa shape index (κ2) is 6.53. The molecule has 0 atom stereocenters. The Morgan fingerprint density at radius 1 is 1.00 bits per heavy atom. The van der Waals surface area contributed by atoms with Gasteiger partial charge in [-0.05, 0) is 30.2 Å². The summed E-state index contributed by atoms with van der Waals surface area (Å²) >= 11 is 0. The summed E-state index contributed by atoms with van der Waals surface area (Å²) < 4.78 is 37.9. The molecule has 0 fully saturated rings. The lowest BCUT2D eigenvalue weighted by atomic mass is 10.1. The van der Waals surface area contributed by atoms with Gasteiger partial charge in [0.15, 0.2) is 5.65 Å². The Morgan fingerprint density at radius 3 is 2.48 bits per heavy atom. The summed E-state index contributed by atoms with van der Waals surface area (Å²) in [4.78, 5) is 9.57. The molecule has 0 saturated carbocycles. The predicted molar refractivity (Wildman–Crippen MR) is 97.6 cm³/mol. The van der Waals surface area contributed by atoms with Gasteiger partial charge in [0.2, 0.25) is 5.95 Å². The first-order valence-corrected chi connectivity index (χ1v) is 8.40. The molecule has 0 spiro atoms. The van der Waals surface area contributed by atoms with Crippen LogP contribution in [0.2, 0.25) is 0 Å². The van der Waals surface area contributed by atoms with Gasteiger partial charge in [0.25, 0.3) is 0 Å². The van der Waals surface area contributed by atoms with E-state index in [0.717, 1.165) is 28.6 Å². The first kappa shape index (κ1) is 17.3. The standard InChI is InChI=1S/C19H16F3N5/c1-27(11-10-12-6-8-13(9-7-12)19(20,21)22)18-24-17-16(25-26-18)14-4-2-3-5-15(14)23-17/h2-9H,10-11H2,1H3,(H,23,24,26). The molecule has 138 valence electrons. The summed E-state index contributed by atoms with van der Waals surface area (Å²) in [5.74, 6) is 0.459. The lowest BCUT2D eigenvalue weighted by Gasteiger charge is -2.16. The predicted octanol–water partition coefficient (Wildman–Crippen LogP) is 4.20. The number of rotatable bonds is 4. The SMILES string of the molecule is CN(CCc1ccc(C(F)(F)F)cc1)c1nnc2c(n1)[nH]c1ccccc12. The van der Waals surface area contributed by atoms with Gasteiger partial charge in [-0.2, -0.15) is 18.2 Å². The van der Waals surface area contributed by atoms with Crippen LogP contribution in [0.1, 0.15) is 11.1 Å². The highest BCUT2D eigenvalue weighted by molar-refractivity contribution is 6.03. The van der Waals surface area contributed by atoms with E-state index in [9.17, 15) is 13.2 Å². The summed E-state index contributed by atoms with van der Waals surface area (Å²) in [6.45, 7) is 0.554. The average Bonchev–Trinajstić information content (AvgIpc) is 3.03. The zero-order valence-corrected chi connectivity index (χ0v) is 14.5. The summed E-state index contributed by atoms with van der Waals surface area (Å²) in [7, 11) is 1.83. The van der Waals surface area contributed by atoms with E-state index in [2.05, 4.69) is 20.2 Å². The van der Waals surface area contributed by atoms with Crippen LogP contribution >= 0.6 is 0 Å². The largest absolute Gasteiger partial charge is 0.416 e. The van der Waals surface area contributed by atoms with Crippen LogP contribution in [0.4, 0.5) is 19.1 Å². The maximum absolute atomic E-state index is 12.6. The first-order valence-electron chi connectivity index (χ1n) is 8.40. The summed E-state index contributed by atoms with van der Waals surface area (Å²) in [6.07, 6.45) is -3.74. The molecule has 0 aliphatic carbocycles. The monoisotopic (exact) mass is 371 g/mol. The molecule has 0 radical (unpaired) electrons. The Hall–Kier alpha value is -3.16. The number of aromatic amines is 1. The molecule has 0 aliphatic heterocycles. The Labute approximate surface area is 152 Å². The van der Waals surface area contributed by atoms with E-state index >= 15 is 0 Å². The highest BCUT2D eigenvalue weighted by Crippen LogP contribution is 2.29. The van der Waals surface area contributed by atoms with Gasteiger partial charge in [-0.15, -0.1) is 10.2 Å². The molecule has 0 unspecified atom stereocenters. The number of fused-ring (bicyclic) bond motifs is 3. The number of likely N-dealkylation sites (N-methyl/N-ethyl adjacent to an activating group) is 1.